The lowest BCUT2D eigenvalue weighted by Gasteiger charge is -2.29. The summed E-state index contributed by atoms with van der Waals surface area (Å²) in [6, 6.07) is 22.1. The molecule has 3 aromatic carbocycles. The second kappa shape index (κ2) is 12.8. The Morgan fingerprint density at radius 1 is 1.00 bits per heavy atom. The van der Waals surface area contributed by atoms with Gasteiger partial charge in [0.15, 0.2) is 0 Å². The molecule has 40 heavy (non-hydrogen) atoms. The fourth-order valence-electron chi connectivity index (χ4n) is 5.30. The van der Waals surface area contributed by atoms with Gasteiger partial charge in [-0.15, -0.1) is 0 Å². The number of hydrogen-bond acceptors (Lipinski definition) is 6. The van der Waals surface area contributed by atoms with Gasteiger partial charge in [-0.1, -0.05) is 58.4 Å². The highest BCUT2D eigenvalue weighted by molar-refractivity contribution is 9.10. The summed E-state index contributed by atoms with van der Waals surface area (Å²) in [6.07, 6.45) is 0.712. The first-order chi connectivity index (χ1) is 19.4. The van der Waals surface area contributed by atoms with Crippen molar-refractivity contribution in [2.75, 3.05) is 39.4 Å². The number of ether oxygens (including phenoxy) is 2. The van der Waals surface area contributed by atoms with Gasteiger partial charge in [-0.25, -0.2) is 0 Å². The first kappa shape index (κ1) is 28.1. The number of ketones is 1. The highest BCUT2D eigenvalue weighted by Gasteiger charge is 2.46. The summed E-state index contributed by atoms with van der Waals surface area (Å²) >= 11 is 3.52. The van der Waals surface area contributed by atoms with Crippen molar-refractivity contribution in [2.24, 2.45) is 0 Å². The largest absolute Gasteiger partial charge is 0.507 e. The van der Waals surface area contributed by atoms with E-state index in [1.54, 1.807) is 17.0 Å². The quantitative estimate of drug-likeness (QED) is 0.198. The standard InChI is InChI=1S/C32H33BrN2O5/c1-22-19-26(40-21-23-7-3-2-4-8-23)11-12-27(22)30(36)28-29(24-9-5-10-25(33)20-24)35(32(38)31(28)37)14-6-13-34-15-17-39-18-16-34/h2-5,7-12,19-20,29,36H,6,13-18,21H2,1H3/b30-28+/t29-/m1/s1. The zero-order valence-electron chi connectivity index (χ0n) is 22.5. The van der Waals surface area contributed by atoms with Gasteiger partial charge in [-0.2, -0.15) is 0 Å². The number of morpholine rings is 1. The molecule has 1 N–H and O–H groups in total. The zero-order valence-corrected chi connectivity index (χ0v) is 24.1. The third-order valence-corrected chi connectivity index (χ3v) is 7.88. The molecule has 2 aliphatic rings. The van der Waals surface area contributed by atoms with Gasteiger partial charge >= 0.3 is 0 Å². The van der Waals surface area contributed by atoms with Gasteiger partial charge < -0.3 is 19.5 Å². The number of rotatable bonds is 9. The van der Waals surface area contributed by atoms with Crippen molar-refractivity contribution in [3.63, 3.8) is 0 Å². The minimum Gasteiger partial charge on any atom is -0.507 e. The fourth-order valence-corrected chi connectivity index (χ4v) is 5.72. The number of aliphatic hydroxyl groups excluding tert-OH is 1. The van der Waals surface area contributed by atoms with Crippen LogP contribution in [0.5, 0.6) is 5.75 Å². The molecule has 1 atom stereocenters. The molecule has 0 unspecified atom stereocenters. The second-order valence-electron chi connectivity index (χ2n) is 10.1. The highest BCUT2D eigenvalue weighted by Crippen LogP contribution is 2.41. The van der Waals surface area contributed by atoms with Crippen molar-refractivity contribution >= 4 is 33.4 Å². The van der Waals surface area contributed by atoms with Gasteiger partial charge in [0.1, 0.15) is 18.1 Å². The zero-order chi connectivity index (χ0) is 28.1. The Morgan fingerprint density at radius 2 is 1.77 bits per heavy atom. The summed E-state index contributed by atoms with van der Waals surface area (Å²) in [5, 5.41) is 11.5. The van der Waals surface area contributed by atoms with E-state index >= 15 is 0 Å². The Balaban J connectivity index is 1.42. The molecule has 8 heteroatoms. The minimum absolute atomic E-state index is 0.107. The van der Waals surface area contributed by atoms with E-state index in [9.17, 15) is 14.7 Å². The fraction of sp³-hybridized carbons (Fsp3) is 0.312. The first-order valence-electron chi connectivity index (χ1n) is 13.5. The molecule has 2 heterocycles. The highest BCUT2D eigenvalue weighted by atomic mass is 79.9. The third kappa shape index (κ3) is 6.30. The van der Waals surface area contributed by atoms with Crippen LogP contribution in [0.25, 0.3) is 5.76 Å². The van der Waals surface area contributed by atoms with Gasteiger partial charge in [0.05, 0.1) is 24.8 Å². The van der Waals surface area contributed by atoms with Crippen molar-refractivity contribution in [3.05, 3.63) is 105 Å². The number of Topliss-reactive ketones (excluding diaryl/α,β-unsaturated/α-hetero) is 1. The minimum atomic E-state index is -0.685. The molecule has 0 saturated carbocycles. The van der Waals surface area contributed by atoms with Crippen molar-refractivity contribution in [3.8, 4) is 5.75 Å². The smallest absolute Gasteiger partial charge is 0.295 e. The van der Waals surface area contributed by atoms with Crippen LogP contribution in [0.15, 0.2) is 82.8 Å². The summed E-state index contributed by atoms with van der Waals surface area (Å²) in [5.41, 5.74) is 3.17. The van der Waals surface area contributed by atoms with Crippen LogP contribution in [0.1, 0.15) is 34.7 Å². The number of benzene rings is 3. The van der Waals surface area contributed by atoms with Crippen LogP contribution in [0.2, 0.25) is 0 Å². The number of carbonyl (C=O) groups is 2. The average molecular weight is 606 g/mol. The van der Waals surface area contributed by atoms with Crippen LogP contribution in [0.4, 0.5) is 0 Å². The molecule has 208 valence electrons. The summed E-state index contributed by atoms with van der Waals surface area (Å²) in [7, 11) is 0. The number of hydrogen-bond donors (Lipinski definition) is 1. The van der Waals surface area contributed by atoms with E-state index in [1.807, 2.05) is 67.6 Å². The number of aryl methyl sites for hydroxylation is 1. The summed E-state index contributed by atoms with van der Waals surface area (Å²) < 4.78 is 12.2. The summed E-state index contributed by atoms with van der Waals surface area (Å²) in [5.74, 6) is -0.775. The van der Waals surface area contributed by atoms with Crippen LogP contribution in [0, 0.1) is 6.92 Å². The van der Waals surface area contributed by atoms with Gasteiger partial charge in [0.2, 0.25) is 0 Å². The van der Waals surface area contributed by atoms with Gasteiger partial charge in [0.25, 0.3) is 11.7 Å². The molecule has 3 aromatic rings. The number of amides is 1. The predicted molar refractivity (Wildman–Crippen MR) is 157 cm³/mol. The molecule has 0 spiro atoms. The Bertz CT molecular complexity index is 1400. The van der Waals surface area contributed by atoms with E-state index in [0.717, 1.165) is 40.8 Å². The molecule has 5 rings (SSSR count). The maximum Gasteiger partial charge on any atom is 0.295 e. The maximum absolute atomic E-state index is 13.4. The van der Waals surface area contributed by atoms with E-state index in [4.69, 9.17) is 9.47 Å². The lowest BCUT2D eigenvalue weighted by Crippen LogP contribution is -2.38. The van der Waals surface area contributed by atoms with Crippen LogP contribution < -0.4 is 4.74 Å². The maximum atomic E-state index is 13.4. The molecule has 2 fully saturated rings. The number of halogens is 1. The van der Waals surface area contributed by atoms with Gasteiger partial charge in [-0.3, -0.25) is 14.5 Å². The number of carbonyl (C=O) groups excluding carboxylic acids is 2. The molecule has 0 radical (unpaired) electrons. The topological polar surface area (TPSA) is 79.3 Å². The Morgan fingerprint density at radius 3 is 2.50 bits per heavy atom. The monoisotopic (exact) mass is 604 g/mol. The van der Waals surface area contributed by atoms with Crippen LogP contribution in [0.3, 0.4) is 0 Å². The Hall–Kier alpha value is -3.46. The molecule has 2 saturated heterocycles. The van der Waals surface area contributed by atoms with E-state index in [0.29, 0.717) is 44.1 Å². The van der Waals surface area contributed by atoms with Gasteiger partial charge in [-0.05, 0) is 60.4 Å². The average Bonchev–Trinajstić information content (AvgIpc) is 3.22. The van der Waals surface area contributed by atoms with E-state index in [2.05, 4.69) is 20.8 Å². The molecule has 7 nitrogen and oxygen atoms in total. The molecular formula is C32H33BrN2O5. The molecule has 0 aromatic heterocycles. The molecule has 0 aliphatic carbocycles. The van der Waals surface area contributed by atoms with E-state index in [-0.39, 0.29) is 11.3 Å². The van der Waals surface area contributed by atoms with Crippen molar-refractivity contribution < 1.29 is 24.2 Å². The van der Waals surface area contributed by atoms with E-state index < -0.39 is 17.7 Å². The first-order valence-corrected chi connectivity index (χ1v) is 14.3. The van der Waals surface area contributed by atoms with E-state index in [1.165, 1.54) is 0 Å². The van der Waals surface area contributed by atoms with Crippen LogP contribution >= 0.6 is 15.9 Å². The summed E-state index contributed by atoms with van der Waals surface area (Å²) in [4.78, 5) is 30.7. The van der Waals surface area contributed by atoms with Crippen molar-refractivity contribution in [1.82, 2.24) is 9.80 Å². The number of nitrogens with zero attached hydrogens (tertiary/aromatic N) is 2. The summed E-state index contributed by atoms with van der Waals surface area (Å²) in [6.45, 7) is 6.62. The molecule has 1 amide bonds. The molecule has 2 aliphatic heterocycles. The predicted octanol–water partition coefficient (Wildman–Crippen LogP) is 5.48. The van der Waals surface area contributed by atoms with Gasteiger partial charge in [0, 0.05) is 36.2 Å². The Kier molecular flexibility index (Phi) is 8.99. The number of likely N-dealkylation sites (tertiary alicyclic amines) is 1. The third-order valence-electron chi connectivity index (χ3n) is 7.38. The normalized spacial score (nSPS) is 19.2. The molecule has 0 bridgehead atoms. The van der Waals surface area contributed by atoms with Crippen LogP contribution in [-0.2, 0) is 20.9 Å². The van der Waals surface area contributed by atoms with Crippen molar-refractivity contribution in [1.29, 1.82) is 0 Å². The Labute approximate surface area is 243 Å². The molecular weight excluding hydrogens is 572 g/mol. The lowest BCUT2D eigenvalue weighted by molar-refractivity contribution is -0.140. The lowest BCUT2D eigenvalue weighted by atomic mass is 9.94. The van der Waals surface area contributed by atoms with Crippen molar-refractivity contribution in [2.45, 2.75) is 26.0 Å². The van der Waals surface area contributed by atoms with Crippen LogP contribution in [-0.4, -0.2) is 66.0 Å². The SMILES string of the molecule is Cc1cc(OCc2ccccc2)ccc1/C(O)=C1\C(=O)C(=O)N(CCCN2CCOCC2)[C@@H]1c1cccc(Br)c1. The second-order valence-corrected chi connectivity index (χ2v) is 11.0. The number of aliphatic hydroxyl groups is 1.